The van der Waals surface area contributed by atoms with Gasteiger partial charge < -0.3 is 4.57 Å². The largest absolute Gasteiger partial charge is 0.338 e. The molecule has 0 amide bonds. The Morgan fingerprint density at radius 3 is 1.29 bits per heavy atom. The first-order chi connectivity index (χ1) is 55.2. The molecule has 0 saturated heterocycles. The van der Waals surface area contributed by atoms with Gasteiger partial charge in [-0.2, -0.15) is 9.13 Å². The number of hydrogen-bond donors (Lipinski definition) is 0. The van der Waals surface area contributed by atoms with Gasteiger partial charge in [0.2, 0.25) is 22.8 Å². The van der Waals surface area contributed by atoms with Crippen molar-refractivity contribution >= 4 is 64.9 Å². The van der Waals surface area contributed by atoms with Gasteiger partial charge >= 0.3 is 0 Å². The van der Waals surface area contributed by atoms with E-state index >= 15 is 0 Å². The maximum absolute atomic E-state index is 8.89. The van der Waals surface area contributed by atoms with Gasteiger partial charge in [-0.05, 0) is 261 Å². The van der Waals surface area contributed by atoms with E-state index in [1.54, 1.807) is 29.8 Å². The van der Waals surface area contributed by atoms with E-state index in [0.29, 0.717) is 70.9 Å². The van der Waals surface area contributed by atoms with Crippen molar-refractivity contribution < 1.29 is 34.7 Å². The number of benzene rings is 9. The maximum Gasteiger partial charge on any atom is 0.220 e. The molecule has 9 aromatic carbocycles. The lowest BCUT2D eigenvalue weighted by atomic mass is 9.90. The van der Waals surface area contributed by atoms with Gasteiger partial charge in [-0.25, -0.2) is 9.13 Å². The van der Waals surface area contributed by atoms with Crippen molar-refractivity contribution in [1.82, 2.24) is 4.57 Å². The number of hydrogen-bond acceptors (Lipinski definition) is 0. The summed E-state index contributed by atoms with van der Waals surface area (Å²) in [6.45, 7) is 39.5. The Hall–Kier alpha value is -9.58. The van der Waals surface area contributed by atoms with Gasteiger partial charge in [-0.15, -0.1) is 0 Å². The third-order valence-corrected chi connectivity index (χ3v) is 21.1. The van der Waals surface area contributed by atoms with Crippen molar-refractivity contribution in [1.29, 1.82) is 0 Å². The zero-order chi connectivity index (χ0) is 86.8. The van der Waals surface area contributed by atoms with E-state index in [1.807, 2.05) is 69.1 Å². The quantitative estimate of drug-likeness (QED) is 0.0968. The highest BCUT2D eigenvalue weighted by atomic mass is 15.0. The lowest BCUT2D eigenvalue weighted by molar-refractivity contribution is -0.665. The Morgan fingerprint density at radius 1 is 0.377 bits per heavy atom. The molecule has 14 rings (SSSR count). The van der Waals surface area contributed by atoms with Crippen LogP contribution in [0.25, 0.3) is 110 Å². The SMILES string of the molecule is [2H]c1c(C)[n+](C)c(-c2cc3c(cc2C)c2ccccc2n3C(C)C)c2ccc(CC(C)C)cc12.[2H]c1c([2H])[n+](C)c(-c2cc(C([2H])(C)C([2H])([2H])[2H])cc(C)c2C)c2ccc(CC(C)C)cc12.[2H]c1c([2H])[n+](C)c(-c2cc(C)cc(C)c2C)c2ccc(CC(C)C)cc12.[2H]c1cc([2H])c(C)c(-c2c3ccc(CC(C)C)cc3c([2H])c(C)[n+]2C)c1. The molecule has 0 fully saturated rings. The van der Waals surface area contributed by atoms with E-state index < -0.39 is 12.7 Å². The molecule has 5 heteroatoms. The van der Waals surface area contributed by atoms with Crippen LogP contribution in [0.4, 0.5) is 0 Å². The van der Waals surface area contributed by atoms with Gasteiger partial charge in [-0.3, -0.25) is 0 Å². The van der Waals surface area contributed by atoms with Crippen LogP contribution in [-0.4, -0.2) is 4.57 Å². The van der Waals surface area contributed by atoms with Crippen molar-refractivity contribution in [2.45, 2.75) is 183 Å². The highest BCUT2D eigenvalue weighted by molar-refractivity contribution is 6.10. The predicted octanol–water partition coefficient (Wildman–Crippen LogP) is 24.7. The molecule has 0 N–H and O–H groups in total. The Balaban J connectivity index is 0.000000155. The Labute approximate surface area is 653 Å². The summed E-state index contributed by atoms with van der Waals surface area (Å²) in [5, 5.41) is 10.3. The van der Waals surface area contributed by atoms with Crippen molar-refractivity contribution in [2.24, 2.45) is 51.9 Å². The average Bonchev–Trinajstić information content (AvgIpc) is 1.66. The van der Waals surface area contributed by atoms with Crippen LogP contribution in [0.2, 0.25) is 0 Å². The topological polar surface area (TPSA) is 20.4 Å². The van der Waals surface area contributed by atoms with Gasteiger partial charge in [0.15, 0.2) is 23.7 Å². The fraction of sp³-hybridized carbons (Fsp3) is 0.347. The lowest BCUT2D eigenvalue weighted by Crippen LogP contribution is -2.35. The van der Waals surface area contributed by atoms with Gasteiger partial charge in [0.25, 0.3) is 0 Å². The first kappa shape index (κ1) is 62.6. The summed E-state index contributed by atoms with van der Waals surface area (Å²) >= 11 is 0. The monoisotopic (exact) mass is 1420 g/mol. The van der Waals surface area contributed by atoms with Crippen molar-refractivity contribution in [3.63, 3.8) is 0 Å². The normalized spacial score (nSPS) is 14.0. The molecule has 0 aliphatic carbocycles. The molecule has 0 radical (unpaired) electrons. The zero-order valence-corrected chi connectivity index (χ0v) is 67.8. The van der Waals surface area contributed by atoms with E-state index in [0.717, 1.165) is 131 Å². The summed E-state index contributed by atoms with van der Waals surface area (Å²) in [7, 11) is 7.73. The first-order valence-electron chi connectivity index (χ1n) is 44.3. The molecule has 0 bridgehead atoms. The van der Waals surface area contributed by atoms with E-state index in [-0.39, 0.29) is 18.4 Å². The summed E-state index contributed by atoms with van der Waals surface area (Å²) in [5.41, 5.74) is 25.5. The maximum atomic E-state index is 8.89. The van der Waals surface area contributed by atoms with Crippen LogP contribution in [0.5, 0.6) is 0 Å². The molecule has 546 valence electrons. The molecule has 0 spiro atoms. The van der Waals surface area contributed by atoms with Crippen LogP contribution in [0, 0.1) is 86.0 Å². The number of aryl methyl sites for hydroxylation is 4. The Morgan fingerprint density at radius 2 is 0.821 bits per heavy atom. The smallest absolute Gasteiger partial charge is 0.220 e. The molecular weight excluding hydrogens is 1280 g/mol. The van der Waals surface area contributed by atoms with E-state index in [4.69, 9.17) is 16.4 Å². The summed E-state index contributed by atoms with van der Waals surface area (Å²) in [6.07, 6.45) is 4.26. The average molecular weight is 1420 g/mol. The number of aromatic nitrogens is 5. The third-order valence-electron chi connectivity index (χ3n) is 21.1. The number of nitrogens with zero attached hydrogens (tertiary/aromatic N) is 5. The minimum absolute atomic E-state index is 0.0982. The van der Waals surface area contributed by atoms with Crippen molar-refractivity contribution in [2.75, 3.05) is 0 Å². The molecule has 5 aromatic heterocycles. The second-order valence-electron chi connectivity index (χ2n) is 32.1. The Bertz CT molecular complexity index is 6110. The van der Waals surface area contributed by atoms with Gasteiger partial charge in [0.1, 0.15) is 30.9 Å². The molecule has 5 heterocycles. The molecule has 0 aliphatic rings. The second kappa shape index (κ2) is 32.6. The van der Waals surface area contributed by atoms with Crippen LogP contribution in [0.15, 0.2) is 194 Å². The van der Waals surface area contributed by atoms with Crippen LogP contribution in [0.3, 0.4) is 0 Å². The van der Waals surface area contributed by atoms with Crippen molar-refractivity contribution in [3.8, 4) is 45.0 Å². The number of pyridine rings is 4. The number of rotatable bonds is 14. The number of para-hydroxylation sites is 1. The molecular formula is C101H121N5+4. The van der Waals surface area contributed by atoms with Gasteiger partial charge in [0.05, 0.1) is 52.0 Å². The minimum Gasteiger partial charge on any atom is -0.338 e. The van der Waals surface area contributed by atoms with E-state index in [9.17, 15) is 0 Å². The lowest BCUT2D eigenvalue weighted by Gasteiger charge is -2.15. The zero-order valence-electron chi connectivity index (χ0n) is 79.8. The third kappa shape index (κ3) is 16.7. The van der Waals surface area contributed by atoms with Gasteiger partial charge in [-0.1, -0.05) is 172 Å². The molecule has 106 heavy (non-hydrogen) atoms. The molecule has 1 unspecified atom stereocenters. The standard InChI is InChI=1S/C31H35N2.C25H32N.C23H28N.C22H26N/c1-19(2)14-23-12-13-25-24(17-23)16-22(6)32(7)31(25)27-18-30-28(15-21(27)5)26-10-8-9-11-29(26)33(30)20(3)4;1-16(2)12-20-8-9-23-21(14-20)10-11-26(7)25(23)24-15-22(17(3)4)13-18(5)19(24)6;1-15(2)11-19-7-8-21-20(14-19)9-10-24(6)23(21)22-13-16(3)12-17(4)18(22)5;1-15(2)12-18-10-11-21-19(14-18)13-17(4)23(5)22(21)20-9-7-6-8-16(20)3/h8-13,15-20H,14H2,1-7H3;8-11,13-17H,12H2,1-7H3;7-10,12-15H,11H2,1-6H3;6-11,13-15H,12H2,1-5H3/q4*+1/i16D;3D3,10D,11D,17D;9D,10D;7D,8D,13D. The van der Waals surface area contributed by atoms with Crippen molar-refractivity contribution in [3.05, 3.63) is 272 Å². The predicted molar refractivity (Wildman–Crippen MR) is 457 cm³/mol. The fourth-order valence-electron chi connectivity index (χ4n) is 15.6. The van der Waals surface area contributed by atoms with E-state index in [1.165, 1.54) is 78.9 Å². The molecule has 0 aliphatic heterocycles. The minimum atomic E-state index is -2.48. The molecule has 5 nitrogen and oxygen atoms in total. The van der Waals surface area contributed by atoms with Crippen LogP contribution in [0.1, 0.15) is 190 Å². The van der Waals surface area contributed by atoms with Gasteiger partial charge in [0, 0.05) is 71.4 Å². The molecule has 0 saturated carbocycles. The van der Waals surface area contributed by atoms with E-state index in [2.05, 4.69) is 229 Å². The van der Waals surface area contributed by atoms with Crippen LogP contribution < -0.4 is 18.3 Å². The Kier molecular flexibility index (Phi) is 19.3. The fourth-order valence-corrected chi connectivity index (χ4v) is 15.6. The van der Waals surface area contributed by atoms with Crippen LogP contribution in [-0.2, 0) is 53.9 Å². The second-order valence-corrected chi connectivity index (χ2v) is 32.1. The highest BCUT2D eigenvalue weighted by Gasteiger charge is 2.26. The highest BCUT2D eigenvalue weighted by Crippen LogP contribution is 2.40. The first-order valence-corrected chi connectivity index (χ1v) is 38.3. The summed E-state index contributed by atoms with van der Waals surface area (Å²) in [4.78, 5) is 0. The summed E-state index contributed by atoms with van der Waals surface area (Å²) in [5.74, 6) is 0.438. The summed E-state index contributed by atoms with van der Waals surface area (Å²) in [6, 6.07) is 53.2. The van der Waals surface area contributed by atoms with Crippen LogP contribution >= 0.6 is 0 Å². The summed E-state index contributed by atoms with van der Waals surface area (Å²) < 4.78 is 110. The molecule has 14 aromatic rings. The number of fused-ring (bicyclic) bond motifs is 7. The molecule has 1 atom stereocenters.